The first-order valence-corrected chi connectivity index (χ1v) is 1.82. The molecule has 10 heavy (non-hydrogen) atoms. The number of carboxylic acid groups (broad SMARTS) is 2. The van der Waals surface area contributed by atoms with Gasteiger partial charge in [0.15, 0.2) is 0 Å². The molecule has 0 saturated heterocycles. The number of carboxylic acids is 2. The van der Waals surface area contributed by atoms with Gasteiger partial charge < -0.3 is 19.8 Å². The average Bonchev–Trinajstić information content (AvgIpc) is 1.25. The predicted octanol–water partition coefficient (Wildman–Crippen LogP) is -3.52. The molecule has 4 nitrogen and oxygen atoms in total. The zero-order chi connectivity index (χ0) is 7.15. The topological polar surface area (TPSA) is 80.3 Å². The molecule has 0 atom stereocenters. The Morgan fingerprint density at radius 3 is 1.00 bits per heavy atom. The van der Waals surface area contributed by atoms with Gasteiger partial charge in [0.1, 0.15) is 0 Å². The molecule has 0 aromatic heterocycles. The van der Waals surface area contributed by atoms with E-state index in [0.717, 1.165) is 13.8 Å². The van der Waals surface area contributed by atoms with Crippen molar-refractivity contribution in [2.45, 2.75) is 13.8 Å². The molecule has 0 aliphatic carbocycles. The third kappa shape index (κ3) is 842. The van der Waals surface area contributed by atoms with Crippen LogP contribution in [0.1, 0.15) is 13.8 Å². The molecule has 0 aliphatic rings. The normalized spacial score (nSPS) is 5.00. The summed E-state index contributed by atoms with van der Waals surface area (Å²) in [4.78, 5) is 17.8. The summed E-state index contributed by atoms with van der Waals surface area (Å²) >= 11 is 0. The zero-order valence-corrected chi connectivity index (χ0v) is 7.55. The minimum absolute atomic E-state index is 0. The van der Waals surface area contributed by atoms with Crippen molar-refractivity contribution in [3.8, 4) is 0 Å². The summed E-state index contributed by atoms with van der Waals surface area (Å²) < 4.78 is 0. The van der Waals surface area contributed by atoms with Gasteiger partial charge in [0, 0.05) is 11.9 Å². The Morgan fingerprint density at radius 1 is 1.00 bits per heavy atom. The summed E-state index contributed by atoms with van der Waals surface area (Å²) in [5.74, 6) is -2.17. The summed E-state index contributed by atoms with van der Waals surface area (Å²) in [5, 5.41) is 17.8. The molecule has 0 rings (SSSR count). The quantitative estimate of drug-likeness (QED) is 0.349. The SMILES string of the molecule is CC(=O)[O-].CC(=O)[O-].[Ca+2].[LiH]. The molecule has 0 amide bonds. The Balaban J connectivity index is -0.0000000300. The number of carbonyl (C=O) groups excluding carboxylic acids is 2. The van der Waals surface area contributed by atoms with Crippen molar-refractivity contribution in [1.29, 1.82) is 0 Å². The van der Waals surface area contributed by atoms with E-state index in [-0.39, 0.29) is 56.6 Å². The summed E-state index contributed by atoms with van der Waals surface area (Å²) in [6.07, 6.45) is 0. The second kappa shape index (κ2) is 16.4. The summed E-state index contributed by atoms with van der Waals surface area (Å²) in [6.45, 7) is 1.94. The molecular weight excluding hydrogens is 159 g/mol. The Morgan fingerprint density at radius 2 is 1.00 bits per heavy atom. The van der Waals surface area contributed by atoms with Crippen LogP contribution in [-0.4, -0.2) is 68.5 Å². The molecule has 0 unspecified atom stereocenters. The van der Waals surface area contributed by atoms with E-state index in [1.807, 2.05) is 0 Å². The molecule has 0 aromatic carbocycles. The molecule has 0 spiro atoms. The minimum atomic E-state index is -1.08. The summed E-state index contributed by atoms with van der Waals surface area (Å²) in [5.41, 5.74) is 0. The van der Waals surface area contributed by atoms with Crippen LogP contribution in [0, 0.1) is 0 Å². The van der Waals surface area contributed by atoms with Crippen molar-refractivity contribution in [3.63, 3.8) is 0 Å². The van der Waals surface area contributed by atoms with Crippen molar-refractivity contribution >= 4 is 68.5 Å². The fraction of sp³-hybridized carbons (Fsp3) is 0.500. The van der Waals surface area contributed by atoms with Crippen molar-refractivity contribution in [1.82, 2.24) is 0 Å². The fourth-order valence-corrected chi connectivity index (χ4v) is 0. The van der Waals surface area contributed by atoms with Crippen LogP contribution in [0.25, 0.3) is 0 Å². The van der Waals surface area contributed by atoms with Gasteiger partial charge in [-0.1, -0.05) is 0 Å². The van der Waals surface area contributed by atoms with Crippen LogP contribution in [0.2, 0.25) is 0 Å². The van der Waals surface area contributed by atoms with E-state index in [2.05, 4.69) is 0 Å². The Bertz CT molecular complexity index is 75.3. The monoisotopic (exact) mass is 166 g/mol. The summed E-state index contributed by atoms with van der Waals surface area (Å²) in [6, 6.07) is 0. The Hall–Kier alpha value is 0.797. The van der Waals surface area contributed by atoms with Crippen LogP contribution in [-0.2, 0) is 9.59 Å². The van der Waals surface area contributed by atoms with Gasteiger partial charge in [-0.25, -0.2) is 0 Å². The number of hydrogen-bond donors (Lipinski definition) is 0. The van der Waals surface area contributed by atoms with E-state index in [1.165, 1.54) is 0 Å². The van der Waals surface area contributed by atoms with E-state index < -0.39 is 11.9 Å². The second-order valence-electron chi connectivity index (χ2n) is 0.983. The molecule has 6 heteroatoms. The van der Waals surface area contributed by atoms with Gasteiger partial charge in [-0.2, -0.15) is 0 Å². The molecule has 0 N–H and O–H groups in total. The van der Waals surface area contributed by atoms with E-state index in [9.17, 15) is 0 Å². The average molecular weight is 166 g/mol. The molecule has 50 valence electrons. The van der Waals surface area contributed by atoms with Crippen LogP contribution in [0.3, 0.4) is 0 Å². The molecule has 0 bridgehead atoms. The van der Waals surface area contributed by atoms with E-state index >= 15 is 0 Å². The zero-order valence-electron chi connectivity index (χ0n) is 5.34. The predicted molar refractivity (Wildman–Crippen MR) is 34.3 cm³/mol. The first kappa shape index (κ1) is 22.4. The van der Waals surface area contributed by atoms with Crippen LogP contribution >= 0.6 is 0 Å². The molecule has 0 aliphatic heterocycles. The molecule has 0 heterocycles. The first-order chi connectivity index (χ1) is 3.46. The van der Waals surface area contributed by atoms with Crippen LogP contribution in [0.4, 0.5) is 0 Å². The maximum atomic E-state index is 8.89. The van der Waals surface area contributed by atoms with Gasteiger partial charge in [0.05, 0.1) is 0 Å². The van der Waals surface area contributed by atoms with Gasteiger partial charge in [0.2, 0.25) is 0 Å². The maximum absolute atomic E-state index is 8.89. The third-order valence-corrected chi connectivity index (χ3v) is 0. The van der Waals surface area contributed by atoms with Gasteiger partial charge in [-0.05, 0) is 13.8 Å². The van der Waals surface area contributed by atoms with Crippen molar-refractivity contribution in [3.05, 3.63) is 0 Å². The van der Waals surface area contributed by atoms with Gasteiger partial charge in [-0.3, -0.25) is 0 Å². The molecule has 0 radical (unpaired) electrons. The number of carbonyl (C=O) groups is 2. The van der Waals surface area contributed by atoms with Crippen LogP contribution in [0.5, 0.6) is 0 Å². The number of hydrogen-bond acceptors (Lipinski definition) is 4. The van der Waals surface area contributed by atoms with E-state index in [0.29, 0.717) is 0 Å². The van der Waals surface area contributed by atoms with Gasteiger partial charge in [0.25, 0.3) is 0 Å². The first-order valence-electron chi connectivity index (χ1n) is 1.82. The van der Waals surface area contributed by atoms with E-state index in [1.54, 1.807) is 0 Å². The molecule has 0 fully saturated rings. The summed E-state index contributed by atoms with van der Waals surface area (Å²) in [7, 11) is 0. The Labute approximate surface area is 101 Å². The van der Waals surface area contributed by atoms with Crippen LogP contribution < -0.4 is 10.2 Å². The molecular formula is C4H7CaLiO4. The van der Waals surface area contributed by atoms with Crippen molar-refractivity contribution < 1.29 is 19.8 Å². The van der Waals surface area contributed by atoms with Gasteiger partial charge in [-0.15, -0.1) is 0 Å². The third-order valence-electron chi connectivity index (χ3n) is 0. The molecule has 0 aromatic rings. The Kier molecular flexibility index (Phi) is 36.8. The number of rotatable bonds is 0. The standard InChI is InChI=1S/2C2H4O2.Ca.Li.H/c2*1-2(3)4;;;/h2*1H3,(H,3,4);;;/q;;+2;;/p-2. The second-order valence-corrected chi connectivity index (χ2v) is 0.983. The van der Waals surface area contributed by atoms with Gasteiger partial charge >= 0.3 is 56.6 Å². The van der Waals surface area contributed by atoms with E-state index in [4.69, 9.17) is 19.8 Å². The number of aliphatic carboxylic acids is 2. The van der Waals surface area contributed by atoms with Crippen molar-refractivity contribution in [2.24, 2.45) is 0 Å². The molecule has 0 saturated carbocycles. The van der Waals surface area contributed by atoms with Crippen molar-refractivity contribution in [2.75, 3.05) is 0 Å². The van der Waals surface area contributed by atoms with Crippen LogP contribution in [0.15, 0.2) is 0 Å². The fourth-order valence-electron chi connectivity index (χ4n) is 0.